The van der Waals surface area contributed by atoms with Crippen molar-refractivity contribution >= 4 is 0 Å². The molecule has 0 aromatic heterocycles. The van der Waals surface area contributed by atoms with Gasteiger partial charge in [-0.3, -0.25) is 0 Å². The fourth-order valence-electron chi connectivity index (χ4n) is 2.99. The third-order valence-electron chi connectivity index (χ3n) is 3.91. The Morgan fingerprint density at radius 2 is 1.29 bits per heavy atom. The number of hydrogen-bond acceptors (Lipinski definition) is 4. The van der Waals surface area contributed by atoms with Crippen molar-refractivity contribution in [3.8, 4) is 0 Å². The number of hydrogen-bond donors (Lipinski definition) is 2. The molecule has 100 valence electrons. The Labute approximate surface area is 104 Å². The van der Waals surface area contributed by atoms with Crippen molar-refractivity contribution in [1.29, 1.82) is 0 Å². The first-order valence-corrected chi connectivity index (χ1v) is 7.05. The number of rotatable bonds is 4. The molecule has 2 N–H and O–H groups in total. The van der Waals surface area contributed by atoms with Crippen LogP contribution in [0.1, 0.15) is 32.1 Å². The lowest BCUT2D eigenvalue weighted by Crippen LogP contribution is -2.42. The molecule has 0 spiro atoms. The summed E-state index contributed by atoms with van der Waals surface area (Å²) in [7, 11) is 0. The quantitative estimate of drug-likeness (QED) is 0.744. The standard InChI is InChI=1S/C13H26N2O2/c16-12-4-1-6-14(10-12)8-3-9-15-7-2-5-13(17)11-15/h12-13,16-17H,1-11H2. The van der Waals surface area contributed by atoms with Crippen molar-refractivity contribution in [3.05, 3.63) is 0 Å². The van der Waals surface area contributed by atoms with Gasteiger partial charge in [-0.1, -0.05) is 0 Å². The minimum atomic E-state index is -0.111. The summed E-state index contributed by atoms with van der Waals surface area (Å²) in [5.74, 6) is 0. The third kappa shape index (κ3) is 4.54. The molecular formula is C13H26N2O2. The largest absolute Gasteiger partial charge is 0.392 e. The molecule has 2 aliphatic rings. The molecule has 2 unspecified atom stereocenters. The molecule has 2 saturated heterocycles. The van der Waals surface area contributed by atoms with Crippen molar-refractivity contribution in [2.75, 3.05) is 39.3 Å². The molecule has 2 atom stereocenters. The number of nitrogens with zero attached hydrogens (tertiary/aromatic N) is 2. The van der Waals surface area contributed by atoms with Gasteiger partial charge in [0.1, 0.15) is 0 Å². The highest BCUT2D eigenvalue weighted by molar-refractivity contribution is 4.74. The van der Waals surface area contributed by atoms with E-state index in [4.69, 9.17) is 0 Å². The number of β-amino-alcohol motifs (C(OH)–C–C–N with tert-alkyl or cyclic N) is 2. The maximum Gasteiger partial charge on any atom is 0.0667 e. The smallest absolute Gasteiger partial charge is 0.0667 e. The van der Waals surface area contributed by atoms with Gasteiger partial charge in [0.25, 0.3) is 0 Å². The molecule has 0 aliphatic carbocycles. The highest BCUT2D eigenvalue weighted by Crippen LogP contribution is 2.12. The lowest BCUT2D eigenvalue weighted by atomic mass is 10.1. The number of aliphatic hydroxyl groups is 2. The minimum absolute atomic E-state index is 0.111. The highest BCUT2D eigenvalue weighted by Gasteiger charge is 2.19. The molecule has 0 radical (unpaired) electrons. The van der Waals surface area contributed by atoms with E-state index in [1.165, 1.54) is 0 Å². The number of aliphatic hydroxyl groups excluding tert-OH is 2. The molecule has 2 fully saturated rings. The van der Waals surface area contributed by atoms with Crippen LogP contribution in [-0.4, -0.2) is 71.5 Å². The monoisotopic (exact) mass is 242 g/mol. The van der Waals surface area contributed by atoms with Crippen LogP contribution in [-0.2, 0) is 0 Å². The van der Waals surface area contributed by atoms with E-state index in [1.54, 1.807) is 0 Å². The predicted molar refractivity (Wildman–Crippen MR) is 68.0 cm³/mol. The zero-order valence-corrected chi connectivity index (χ0v) is 10.7. The third-order valence-corrected chi connectivity index (χ3v) is 3.91. The van der Waals surface area contributed by atoms with Crippen LogP contribution in [0, 0.1) is 0 Å². The summed E-state index contributed by atoms with van der Waals surface area (Å²) in [5, 5.41) is 19.2. The Bertz CT molecular complexity index is 203. The minimum Gasteiger partial charge on any atom is -0.392 e. The topological polar surface area (TPSA) is 46.9 Å². The summed E-state index contributed by atoms with van der Waals surface area (Å²) in [4.78, 5) is 4.74. The first-order valence-electron chi connectivity index (χ1n) is 7.05. The van der Waals surface area contributed by atoms with Crippen molar-refractivity contribution < 1.29 is 10.2 Å². The fraction of sp³-hybridized carbons (Fsp3) is 1.00. The molecule has 2 heterocycles. The summed E-state index contributed by atoms with van der Waals surface area (Å²) in [6, 6.07) is 0. The van der Waals surface area contributed by atoms with Crippen molar-refractivity contribution in [3.63, 3.8) is 0 Å². The van der Waals surface area contributed by atoms with E-state index in [-0.39, 0.29) is 12.2 Å². The van der Waals surface area contributed by atoms with Gasteiger partial charge in [0.05, 0.1) is 12.2 Å². The summed E-state index contributed by atoms with van der Waals surface area (Å²) in [6.45, 7) is 6.15. The van der Waals surface area contributed by atoms with Gasteiger partial charge in [0.15, 0.2) is 0 Å². The molecule has 2 aliphatic heterocycles. The molecule has 4 heteroatoms. The van der Waals surface area contributed by atoms with Crippen LogP contribution in [0.15, 0.2) is 0 Å². The van der Waals surface area contributed by atoms with Crippen LogP contribution in [0.4, 0.5) is 0 Å². The number of piperidine rings is 2. The molecule has 0 aromatic carbocycles. The lowest BCUT2D eigenvalue weighted by molar-refractivity contribution is 0.0562. The SMILES string of the molecule is OC1CCCN(CCCN2CCCC(O)C2)C1. The second-order valence-electron chi connectivity index (χ2n) is 5.55. The first-order chi connectivity index (χ1) is 8.24. The second-order valence-corrected chi connectivity index (χ2v) is 5.55. The van der Waals surface area contributed by atoms with Gasteiger partial charge < -0.3 is 20.0 Å². The summed E-state index contributed by atoms with van der Waals surface area (Å²) < 4.78 is 0. The van der Waals surface area contributed by atoms with E-state index in [9.17, 15) is 10.2 Å². The Balaban J connectivity index is 1.58. The van der Waals surface area contributed by atoms with Crippen LogP contribution < -0.4 is 0 Å². The molecule has 17 heavy (non-hydrogen) atoms. The zero-order valence-electron chi connectivity index (χ0n) is 10.7. The molecule has 4 nitrogen and oxygen atoms in total. The van der Waals surface area contributed by atoms with Gasteiger partial charge in [-0.05, 0) is 58.3 Å². The van der Waals surface area contributed by atoms with Gasteiger partial charge in [-0.25, -0.2) is 0 Å². The molecule has 0 bridgehead atoms. The van der Waals surface area contributed by atoms with Gasteiger partial charge in [-0.2, -0.15) is 0 Å². The average molecular weight is 242 g/mol. The molecular weight excluding hydrogens is 216 g/mol. The van der Waals surface area contributed by atoms with Crippen LogP contribution in [0.3, 0.4) is 0 Å². The van der Waals surface area contributed by atoms with Crippen molar-refractivity contribution in [2.24, 2.45) is 0 Å². The normalized spacial score (nSPS) is 32.8. The van der Waals surface area contributed by atoms with E-state index >= 15 is 0 Å². The Morgan fingerprint density at radius 1 is 0.824 bits per heavy atom. The highest BCUT2D eigenvalue weighted by atomic mass is 16.3. The van der Waals surface area contributed by atoms with Gasteiger partial charge >= 0.3 is 0 Å². The first kappa shape index (κ1) is 13.3. The van der Waals surface area contributed by atoms with Gasteiger partial charge in [0, 0.05) is 13.1 Å². The van der Waals surface area contributed by atoms with E-state index in [0.29, 0.717) is 0 Å². The van der Waals surface area contributed by atoms with E-state index in [0.717, 1.165) is 71.4 Å². The Kier molecular flexibility index (Phi) is 5.22. The van der Waals surface area contributed by atoms with Crippen molar-refractivity contribution in [1.82, 2.24) is 9.80 Å². The second kappa shape index (κ2) is 6.69. The van der Waals surface area contributed by atoms with Gasteiger partial charge in [0.2, 0.25) is 0 Å². The Hall–Kier alpha value is -0.160. The van der Waals surface area contributed by atoms with Crippen molar-refractivity contribution in [2.45, 2.75) is 44.3 Å². The van der Waals surface area contributed by atoms with Crippen LogP contribution in [0.5, 0.6) is 0 Å². The van der Waals surface area contributed by atoms with E-state index in [2.05, 4.69) is 9.80 Å². The van der Waals surface area contributed by atoms with Gasteiger partial charge in [-0.15, -0.1) is 0 Å². The average Bonchev–Trinajstić information content (AvgIpc) is 2.29. The molecule has 0 aromatic rings. The summed E-state index contributed by atoms with van der Waals surface area (Å²) >= 11 is 0. The van der Waals surface area contributed by atoms with Crippen LogP contribution in [0.2, 0.25) is 0 Å². The molecule has 0 amide bonds. The summed E-state index contributed by atoms with van der Waals surface area (Å²) in [6.07, 6.45) is 5.12. The maximum atomic E-state index is 9.58. The summed E-state index contributed by atoms with van der Waals surface area (Å²) in [5.41, 5.74) is 0. The zero-order chi connectivity index (χ0) is 12.1. The van der Waals surface area contributed by atoms with Crippen LogP contribution >= 0.6 is 0 Å². The van der Waals surface area contributed by atoms with Crippen LogP contribution in [0.25, 0.3) is 0 Å². The maximum absolute atomic E-state index is 9.58. The fourth-order valence-corrected chi connectivity index (χ4v) is 2.99. The van der Waals surface area contributed by atoms with E-state index in [1.807, 2.05) is 0 Å². The lowest BCUT2D eigenvalue weighted by Gasteiger charge is -2.32. The Morgan fingerprint density at radius 3 is 1.71 bits per heavy atom. The predicted octanol–water partition coefficient (Wildman–Crippen LogP) is 0.290. The number of likely N-dealkylation sites (tertiary alicyclic amines) is 2. The van der Waals surface area contributed by atoms with E-state index < -0.39 is 0 Å². The molecule has 0 saturated carbocycles. The molecule has 2 rings (SSSR count).